The van der Waals surface area contributed by atoms with Crippen molar-refractivity contribution in [3.63, 3.8) is 0 Å². The monoisotopic (exact) mass is 437 g/mol. The molecule has 2 fully saturated rings. The number of primary amides is 1. The summed E-state index contributed by atoms with van der Waals surface area (Å²) in [7, 11) is 0. The lowest BCUT2D eigenvalue weighted by molar-refractivity contribution is -0.122. The van der Waals surface area contributed by atoms with Gasteiger partial charge in [0, 0.05) is 18.3 Å². The maximum absolute atomic E-state index is 12.7. The van der Waals surface area contributed by atoms with Gasteiger partial charge in [0.05, 0.1) is 10.9 Å². The van der Waals surface area contributed by atoms with Gasteiger partial charge in [-0.15, -0.1) is 0 Å². The van der Waals surface area contributed by atoms with E-state index in [1.165, 1.54) is 0 Å². The van der Waals surface area contributed by atoms with Crippen LogP contribution in [0.2, 0.25) is 0 Å². The molecule has 0 spiro atoms. The first-order valence-corrected chi connectivity index (χ1v) is 10.4. The van der Waals surface area contributed by atoms with Crippen LogP contribution in [0.5, 0.6) is 0 Å². The molecule has 0 bridgehead atoms. The molecule has 8 heteroatoms. The van der Waals surface area contributed by atoms with Gasteiger partial charge in [-0.05, 0) is 43.0 Å². The Balaban J connectivity index is 1.62. The van der Waals surface area contributed by atoms with Gasteiger partial charge >= 0.3 is 0 Å². The highest BCUT2D eigenvalue weighted by Crippen LogP contribution is 2.24. The molecule has 0 saturated carbocycles. The molecule has 7 nitrogen and oxygen atoms in total. The Morgan fingerprint density at radius 3 is 2.81 bits per heavy atom. The minimum Gasteiger partial charge on any atom is -0.368 e. The molecule has 2 heterocycles. The Bertz CT molecular complexity index is 698. The molecular formula is C19H28BrN5O2. The number of anilines is 1. The number of halogens is 1. The molecule has 5 N–H and O–H groups in total. The number of nitrogens with zero attached hydrogens (tertiary/aromatic N) is 1. The van der Waals surface area contributed by atoms with Crippen LogP contribution in [-0.2, 0) is 16.1 Å². The van der Waals surface area contributed by atoms with Gasteiger partial charge in [0.1, 0.15) is 6.04 Å². The molecule has 148 valence electrons. The standard InChI is InChI=1S/C19H28BrN5O2/c1-11(2)16-15(20)17(24-23-16)19(27)22-13-6-3-5-12(9-13)10-25-8-4-7-14(25)18(21)26/h3,5-6,9,11,14-17,23-24H,4,7-8,10H2,1-2H3,(H2,21,26)(H,22,27). The zero-order valence-electron chi connectivity index (χ0n) is 15.7. The van der Waals surface area contributed by atoms with E-state index in [-0.39, 0.29) is 34.8 Å². The lowest BCUT2D eigenvalue weighted by Crippen LogP contribution is -2.42. The van der Waals surface area contributed by atoms with Crippen molar-refractivity contribution in [2.75, 3.05) is 11.9 Å². The fraction of sp³-hybridized carbons (Fsp3) is 0.579. The van der Waals surface area contributed by atoms with E-state index in [9.17, 15) is 9.59 Å². The van der Waals surface area contributed by atoms with Crippen LogP contribution in [0.3, 0.4) is 0 Å². The average molecular weight is 438 g/mol. The molecule has 3 rings (SSSR count). The highest BCUT2D eigenvalue weighted by molar-refractivity contribution is 9.09. The van der Waals surface area contributed by atoms with Gasteiger partial charge in [-0.2, -0.15) is 0 Å². The third-order valence-electron chi connectivity index (χ3n) is 5.34. The van der Waals surface area contributed by atoms with E-state index in [0.29, 0.717) is 12.5 Å². The number of hydrazine groups is 1. The molecule has 2 saturated heterocycles. The molecular weight excluding hydrogens is 410 g/mol. The quantitative estimate of drug-likeness (QED) is 0.503. The number of nitrogens with two attached hydrogens (primary N) is 1. The summed E-state index contributed by atoms with van der Waals surface area (Å²) in [6, 6.07) is 7.40. The second kappa shape index (κ2) is 8.68. The van der Waals surface area contributed by atoms with Crippen molar-refractivity contribution in [1.29, 1.82) is 0 Å². The van der Waals surface area contributed by atoms with Crippen molar-refractivity contribution in [3.05, 3.63) is 29.8 Å². The summed E-state index contributed by atoms with van der Waals surface area (Å²) < 4.78 is 0. The van der Waals surface area contributed by atoms with Crippen molar-refractivity contribution in [2.24, 2.45) is 11.7 Å². The Hall–Kier alpha value is -1.48. The summed E-state index contributed by atoms with van der Waals surface area (Å²) in [4.78, 5) is 26.4. The predicted molar refractivity (Wildman–Crippen MR) is 109 cm³/mol. The highest BCUT2D eigenvalue weighted by Gasteiger charge is 2.39. The smallest absolute Gasteiger partial charge is 0.244 e. The number of hydrogen-bond donors (Lipinski definition) is 4. The Morgan fingerprint density at radius 1 is 1.37 bits per heavy atom. The van der Waals surface area contributed by atoms with E-state index >= 15 is 0 Å². The number of carbonyl (C=O) groups excluding carboxylic acids is 2. The molecule has 2 amide bonds. The van der Waals surface area contributed by atoms with Gasteiger partial charge in [0.2, 0.25) is 11.8 Å². The van der Waals surface area contributed by atoms with Crippen LogP contribution in [0.1, 0.15) is 32.3 Å². The molecule has 2 aliphatic rings. The minimum atomic E-state index is -0.348. The van der Waals surface area contributed by atoms with E-state index < -0.39 is 0 Å². The van der Waals surface area contributed by atoms with E-state index in [2.05, 4.69) is 50.8 Å². The van der Waals surface area contributed by atoms with Gasteiger partial charge in [-0.1, -0.05) is 41.9 Å². The summed E-state index contributed by atoms with van der Waals surface area (Å²) in [5.41, 5.74) is 13.6. The second-order valence-electron chi connectivity index (χ2n) is 7.70. The number of carbonyl (C=O) groups is 2. The van der Waals surface area contributed by atoms with Crippen LogP contribution < -0.4 is 21.9 Å². The van der Waals surface area contributed by atoms with Crippen LogP contribution in [0.25, 0.3) is 0 Å². The number of hydrogen-bond acceptors (Lipinski definition) is 5. The van der Waals surface area contributed by atoms with Crippen LogP contribution >= 0.6 is 15.9 Å². The topological polar surface area (TPSA) is 99.5 Å². The summed E-state index contributed by atoms with van der Waals surface area (Å²) >= 11 is 3.64. The van der Waals surface area contributed by atoms with Crippen molar-refractivity contribution in [1.82, 2.24) is 15.8 Å². The molecule has 1 aromatic rings. The van der Waals surface area contributed by atoms with Gasteiger partial charge in [0.25, 0.3) is 0 Å². The number of rotatable bonds is 6. The maximum Gasteiger partial charge on any atom is 0.244 e. The molecule has 0 aromatic heterocycles. The summed E-state index contributed by atoms with van der Waals surface area (Å²) in [6.45, 7) is 5.75. The number of alkyl halides is 1. The summed E-state index contributed by atoms with van der Waals surface area (Å²) in [6.07, 6.45) is 1.80. The van der Waals surface area contributed by atoms with Gasteiger partial charge < -0.3 is 11.1 Å². The Kier molecular flexibility index (Phi) is 6.52. The highest BCUT2D eigenvalue weighted by atomic mass is 79.9. The zero-order valence-corrected chi connectivity index (χ0v) is 17.3. The normalized spacial score (nSPS) is 28.6. The number of nitrogens with one attached hydrogen (secondary N) is 3. The SMILES string of the molecule is CC(C)C1NNC(C(=O)Nc2cccc(CN3CCCC3C(N)=O)c2)C1Br. The lowest BCUT2D eigenvalue weighted by Gasteiger charge is -2.22. The van der Waals surface area contributed by atoms with Crippen LogP contribution in [0, 0.1) is 5.92 Å². The predicted octanol–water partition coefficient (Wildman–Crippen LogP) is 1.34. The van der Waals surface area contributed by atoms with E-state index in [1.807, 2.05) is 24.3 Å². The fourth-order valence-corrected chi connectivity index (χ4v) is 4.95. The molecule has 27 heavy (non-hydrogen) atoms. The Morgan fingerprint density at radius 2 is 2.15 bits per heavy atom. The largest absolute Gasteiger partial charge is 0.368 e. The number of benzene rings is 1. The van der Waals surface area contributed by atoms with Crippen molar-refractivity contribution >= 4 is 33.4 Å². The first kappa shape index (κ1) is 20.3. The van der Waals surface area contributed by atoms with Crippen LogP contribution in [0.15, 0.2) is 24.3 Å². The number of amides is 2. The third-order valence-corrected chi connectivity index (χ3v) is 6.44. The molecule has 4 atom stereocenters. The molecule has 0 radical (unpaired) electrons. The van der Waals surface area contributed by atoms with Gasteiger partial charge in [0.15, 0.2) is 0 Å². The Labute approximate surface area is 168 Å². The van der Waals surface area contributed by atoms with Gasteiger partial charge in [-0.3, -0.25) is 19.9 Å². The number of likely N-dealkylation sites (tertiary alicyclic amines) is 1. The summed E-state index contributed by atoms with van der Waals surface area (Å²) in [5, 5.41) is 2.99. The average Bonchev–Trinajstić information content (AvgIpc) is 3.21. The fourth-order valence-electron chi connectivity index (χ4n) is 3.84. The van der Waals surface area contributed by atoms with Crippen LogP contribution in [-0.4, -0.2) is 46.2 Å². The third kappa shape index (κ3) is 4.68. The molecule has 0 aliphatic carbocycles. The summed E-state index contributed by atoms with van der Waals surface area (Å²) in [5.74, 6) is 0.0577. The first-order valence-electron chi connectivity index (χ1n) is 9.45. The minimum absolute atomic E-state index is 0.0154. The molecule has 1 aromatic carbocycles. The molecule has 2 aliphatic heterocycles. The second-order valence-corrected chi connectivity index (χ2v) is 8.76. The molecule has 4 unspecified atom stereocenters. The van der Waals surface area contributed by atoms with E-state index in [1.54, 1.807) is 0 Å². The first-order chi connectivity index (χ1) is 12.9. The zero-order chi connectivity index (χ0) is 19.6. The maximum atomic E-state index is 12.7. The van der Waals surface area contributed by atoms with Crippen molar-refractivity contribution in [2.45, 2.75) is 56.2 Å². The van der Waals surface area contributed by atoms with E-state index in [0.717, 1.165) is 30.6 Å². The van der Waals surface area contributed by atoms with E-state index in [4.69, 9.17) is 5.73 Å². The van der Waals surface area contributed by atoms with Gasteiger partial charge in [-0.25, -0.2) is 5.43 Å². The van der Waals surface area contributed by atoms with Crippen molar-refractivity contribution in [3.8, 4) is 0 Å². The lowest BCUT2D eigenvalue weighted by atomic mass is 9.99. The van der Waals surface area contributed by atoms with Crippen molar-refractivity contribution < 1.29 is 9.59 Å². The van der Waals surface area contributed by atoms with Crippen LogP contribution in [0.4, 0.5) is 5.69 Å².